The molecule has 15 nitrogen and oxygen atoms in total. The van der Waals surface area contributed by atoms with E-state index in [0.717, 1.165) is 24.2 Å². The predicted octanol–water partition coefficient (Wildman–Crippen LogP) is 4.30. The third kappa shape index (κ3) is 15.4. The predicted molar refractivity (Wildman–Crippen MR) is 183 cm³/mol. The molecule has 0 aliphatic carbocycles. The largest absolute Gasteiger partial charge is 0.519 e. The van der Waals surface area contributed by atoms with Crippen molar-refractivity contribution in [2.75, 3.05) is 13.3 Å². The molecule has 280 valence electrons. The number of ether oxygens (including phenoxy) is 1. The molecule has 50 heavy (non-hydrogen) atoms. The summed E-state index contributed by atoms with van der Waals surface area (Å²) >= 11 is 0. The van der Waals surface area contributed by atoms with Crippen LogP contribution in [0.15, 0.2) is 37.9 Å². The van der Waals surface area contributed by atoms with Crippen molar-refractivity contribution >= 4 is 31.3 Å². The van der Waals surface area contributed by atoms with Crippen LogP contribution in [0.25, 0.3) is 0 Å². The van der Waals surface area contributed by atoms with Gasteiger partial charge in [0.05, 0.1) is 0 Å². The minimum Gasteiger partial charge on any atom is -0.486 e. The molecule has 2 aromatic rings. The fourth-order valence-electron chi connectivity index (χ4n) is 5.04. The molecular weight excluding hydrogens is 673 g/mol. The number of phosphoric acid groups is 1. The van der Waals surface area contributed by atoms with E-state index in [2.05, 4.69) is 10.6 Å². The first-order valence-corrected chi connectivity index (χ1v) is 18.6. The van der Waals surface area contributed by atoms with Crippen molar-refractivity contribution in [1.29, 1.82) is 0 Å². The van der Waals surface area contributed by atoms with Crippen LogP contribution in [-0.4, -0.2) is 63.6 Å². The highest BCUT2D eigenvalue weighted by atomic mass is 31.2. The molecule has 0 radical (unpaired) electrons. The number of carbonyl (C=O) groups excluding carboxylic acids is 4. The monoisotopic (exact) mass is 725 g/mol. The molecule has 0 aliphatic rings. The second-order valence-electron chi connectivity index (χ2n) is 12.3. The van der Waals surface area contributed by atoms with Crippen LogP contribution in [0.1, 0.15) is 103 Å². The van der Waals surface area contributed by atoms with Crippen molar-refractivity contribution in [2.45, 2.75) is 118 Å². The first kappa shape index (κ1) is 42.4. The third-order valence-corrected chi connectivity index (χ3v) is 8.67. The number of unbranched alkanes of at least 4 members (excludes halogenated alkanes) is 4. The van der Waals surface area contributed by atoms with Crippen molar-refractivity contribution in [3.63, 3.8) is 0 Å². The molecule has 3 unspecified atom stereocenters. The van der Waals surface area contributed by atoms with E-state index in [1.165, 1.54) is 6.92 Å². The van der Waals surface area contributed by atoms with Gasteiger partial charge in [0.15, 0.2) is 11.5 Å². The van der Waals surface area contributed by atoms with Crippen LogP contribution in [0.2, 0.25) is 0 Å². The van der Waals surface area contributed by atoms with Gasteiger partial charge in [-0.1, -0.05) is 58.6 Å². The second kappa shape index (κ2) is 21.4. The molecule has 0 saturated heterocycles. The van der Waals surface area contributed by atoms with E-state index in [1.54, 1.807) is 31.2 Å². The average molecular weight is 726 g/mol. The maximum absolute atomic E-state index is 14.1. The maximum Gasteiger partial charge on any atom is 0.519 e. The number of nitrogens with zero attached hydrogens (tertiary/aromatic N) is 1. The molecule has 0 saturated carbocycles. The Morgan fingerprint density at radius 1 is 0.960 bits per heavy atom. The zero-order chi connectivity index (χ0) is 37.3. The fraction of sp³-hybridized carbons (Fsp3) is 0.618. The Labute approximate surface area is 292 Å². The minimum absolute atomic E-state index is 0.0113. The number of Topliss-reactive ketones (excluding diaryl/α,β-unsaturated/α-hetero) is 1. The van der Waals surface area contributed by atoms with Gasteiger partial charge in [0, 0.05) is 25.8 Å². The Hall–Kier alpha value is -3.78. The molecule has 1 aromatic heterocycles. The Balaban J connectivity index is 2.33. The molecule has 1 heterocycles. The molecule has 0 aliphatic heterocycles. The van der Waals surface area contributed by atoms with Gasteiger partial charge in [-0.05, 0) is 56.7 Å². The fourth-order valence-corrected chi connectivity index (χ4v) is 5.31. The van der Waals surface area contributed by atoms with Gasteiger partial charge in [0.25, 0.3) is 0 Å². The van der Waals surface area contributed by atoms with E-state index >= 15 is 0 Å². The Kier molecular flexibility index (Phi) is 18.2. The first-order chi connectivity index (χ1) is 23.6. The molecular formula is C34H52N3O12P. The number of benzene rings is 1. The van der Waals surface area contributed by atoms with Crippen LogP contribution in [-0.2, 0) is 41.3 Å². The quantitative estimate of drug-likeness (QED) is 0.0677. The van der Waals surface area contributed by atoms with E-state index in [1.807, 2.05) is 20.8 Å². The number of nitrogens with one attached hydrogen (secondary N) is 2. The van der Waals surface area contributed by atoms with Gasteiger partial charge in [-0.25, -0.2) is 9.36 Å². The van der Waals surface area contributed by atoms with Gasteiger partial charge < -0.3 is 43.7 Å². The summed E-state index contributed by atoms with van der Waals surface area (Å²) in [5.74, 6) is -1.76. The summed E-state index contributed by atoms with van der Waals surface area (Å²) in [7, 11) is -5.03. The Bertz CT molecular complexity index is 1480. The molecule has 16 heteroatoms. The van der Waals surface area contributed by atoms with Gasteiger partial charge >= 0.3 is 13.6 Å². The summed E-state index contributed by atoms with van der Waals surface area (Å²) in [5.41, 5.74) is 0.571. The number of amides is 3. The zero-order valence-electron chi connectivity index (χ0n) is 29.6. The molecule has 0 spiro atoms. The highest BCUT2D eigenvalue weighted by Gasteiger charge is 2.35. The topological polar surface area (TPSA) is 215 Å². The molecule has 0 fully saturated rings. The van der Waals surface area contributed by atoms with Crippen LogP contribution in [0.3, 0.4) is 0 Å². The van der Waals surface area contributed by atoms with Crippen LogP contribution in [0, 0.1) is 12.8 Å². The molecule has 1 aromatic carbocycles. The van der Waals surface area contributed by atoms with Crippen LogP contribution in [0.4, 0.5) is 0 Å². The normalized spacial score (nSPS) is 13.3. The average Bonchev–Trinajstić information content (AvgIpc) is 3.39. The summed E-state index contributed by atoms with van der Waals surface area (Å²) in [6.45, 7) is 8.17. The Morgan fingerprint density at radius 3 is 2.22 bits per heavy atom. The van der Waals surface area contributed by atoms with Crippen molar-refractivity contribution in [2.24, 2.45) is 5.92 Å². The second-order valence-corrected chi connectivity index (χ2v) is 13.6. The molecule has 4 N–H and O–H groups in total. The van der Waals surface area contributed by atoms with Gasteiger partial charge in [-0.2, -0.15) is 0 Å². The highest BCUT2D eigenvalue weighted by Crippen LogP contribution is 2.36. The van der Waals surface area contributed by atoms with Crippen LogP contribution < -0.4 is 21.2 Å². The van der Waals surface area contributed by atoms with Gasteiger partial charge in [-0.15, -0.1) is 0 Å². The van der Waals surface area contributed by atoms with E-state index in [4.69, 9.17) is 18.1 Å². The lowest BCUT2D eigenvalue weighted by atomic mass is 9.96. The maximum atomic E-state index is 14.1. The first-order valence-electron chi connectivity index (χ1n) is 17.0. The van der Waals surface area contributed by atoms with Gasteiger partial charge in [0.1, 0.15) is 37.0 Å². The standard InChI is InChI=1S/C34H52N3O12P/c1-6-8-10-14-30(39)37(22-47-50(43,44)45)28(20-26-15-17-27(18-16-26)46-21-29-25(5)48-34(42)49-29)32(40)36-31(23(3)7-2)33(41)35-19-12-9-11-13-24(4)38/h15-18,23,28,31H,6-14,19-22H2,1-5H3,(H,35,41)(H,36,40)(H2,43,44,45). The molecule has 3 atom stereocenters. The van der Waals surface area contributed by atoms with Crippen LogP contribution >= 0.6 is 7.82 Å². The summed E-state index contributed by atoms with van der Waals surface area (Å²) in [6, 6.07) is 4.27. The summed E-state index contributed by atoms with van der Waals surface area (Å²) in [6.07, 6.45) is 5.09. The Morgan fingerprint density at radius 2 is 1.64 bits per heavy atom. The molecule has 2 rings (SSSR count). The lowest BCUT2D eigenvalue weighted by Gasteiger charge is -2.33. The summed E-state index contributed by atoms with van der Waals surface area (Å²) in [4.78, 5) is 83.4. The zero-order valence-corrected chi connectivity index (χ0v) is 30.5. The van der Waals surface area contributed by atoms with Crippen molar-refractivity contribution in [1.82, 2.24) is 15.5 Å². The van der Waals surface area contributed by atoms with E-state index in [0.29, 0.717) is 50.0 Å². The summed E-state index contributed by atoms with van der Waals surface area (Å²) in [5, 5.41) is 5.66. The van der Waals surface area contributed by atoms with E-state index in [9.17, 15) is 38.3 Å². The highest BCUT2D eigenvalue weighted by molar-refractivity contribution is 7.46. The smallest absolute Gasteiger partial charge is 0.486 e. The number of phosphoric ester groups is 1. The molecule has 0 bridgehead atoms. The number of hydrogen-bond donors (Lipinski definition) is 4. The number of ketones is 1. The lowest BCUT2D eigenvalue weighted by Crippen LogP contribution is -2.57. The SMILES string of the molecule is CCCCCC(=O)N(COP(=O)(O)O)C(Cc1ccc(OCc2oc(=O)oc2C)cc1)C(=O)NC(C(=O)NCCCCCC(C)=O)C(C)CC. The van der Waals surface area contributed by atoms with E-state index in [-0.39, 0.29) is 42.7 Å². The minimum atomic E-state index is -5.03. The van der Waals surface area contributed by atoms with Gasteiger partial charge in [-0.3, -0.25) is 18.9 Å². The lowest BCUT2D eigenvalue weighted by molar-refractivity contribution is -0.145. The third-order valence-electron chi connectivity index (χ3n) is 8.21. The number of aryl methyl sites for hydroxylation is 1. The van der Waals surface area contributed by atoms with E-state index < -0.39 is 50.2 Å². The van der Waals surface area contributed by atoms with Crippen molar-refractivity contribution < 1.29 is 51.6 Å². The van der Waals surface area contributed by atoms with Crippen LogP contribution in [0.5, 0.6) is 5.75 Å². The number of carbonyl (C=O) groups is 4. The summed E-state index contributed by atoms with van der Waals surface area (Å²) < 4.78 is 31.9. The van der Waals surface area contributed by atoms with Crippen molar-refractivity contribution in [3.05, 3.63) is 52.0 Å². The molecule has 3 amide bonds. The van der Waals surface area contributed by atoms with Crippen molar-refractivity contribution in [3.8, 4) is 5.75 Å². The van der Waals surface area contributed by atoms with Gasteiger partial charge in [0.2, 0.25) is 17.7 Å². The number of rotatable bonds is 24. The number of hydrogen-bond acceptors (Lipinski definition) is 10.